The zero-order valence-electron chi connectivity index (χ0n) is 12.6. The third kappa shape index (κ3) is 4.71. The molecule has 1 aliphatic heterocycles. The van der Waals surface area contributed by atoms with Crippen LogP contribution in [0.2, 0.25) is 0 Å². The molecule has 1 saturated heterocycles. The third-order valence-corrected chi connectivity index (χ3v) is 4.57. The summed E-state index contributed by atoms with van der Waals surface area (Å²) in [5, 5.41) is 3.53. The van der Waals surface area contributed by atoms with Crippen LogP contribution in [0.3, 0.4) is 0 Å². The van der Waals surface area contributed by atoms with E-state index in [9.17, 15) is 0 Å². The molecule has 4 nitrogen and oxygen atoms in total. The molecule has 2 rings (SSSR count). The smallest absolute Gasteiger partial charge is 0.0708 e. The Balaban J connectivity index is 1.52. The van der Waals surface area contributed by atoms with E-state index >= 15 is 0 Å². The Morgan fingerprint density at radius 2 is 2.05 bits per heavy atom. The van der Waals surface area contributed by atoms with Crippen LogP contribution in [-0.2, 0) is 9.47 Å². The highest BCUT2D eigenvalue weighted by molar-refractivity contribution is 4.93. The first kappa shape index (κ1) is 15.2. The molecule has 1 saturated carbocycles. The lowest BCUT2D eigenvalue weighted by atomic mass is 9.98. The largest absolute Gasteiger partial charge is 0.383 e. The van der Waals surface area contributed by atoms with Gasteiger partial charge in [0.15, 0.2) is 0 Å². The van der Waals surface area contributed by atoms with Crippen LogP contribution in [0, 0.1) is 0 Å². The molecule has 0 bridgehead atoms. The summed E-state index contributed by atoms with van der Waals surface area (Å²) in [6, 6.07) is 0. The summed E-state index contributed by atoms with van der Waals surface area (Å²) in [7, 11) is 3.89. The molecule has 1 aliphatic carbocycles. The minimum atomic E-state index is 0.279. The highest BCUT2D eigenvalue weighted by Gasteiger charge is 2.41. The lowest BCUT2D eigenvalue weighted by Gasteiger charge is -2.24. The topological polar surface area (TPSA) is 33.7 Å². The number of hydrogen-bond acceptors (Lipinski definition) is 4. The standard InChI is InChI=1S/C15H30N2O2/c1-17(11-12-18-2)10-9-16-13-14-5-8-15(19-14)6-3-4-7-15/h14,16H,3-13H2,1-2H3. The minimum absolute atomic E-state index is 0.279. The van der Waals surface area contributed by atoms with E-state index in [-0.39, 0.29) is 5.60 Å². The van der Waals surface area contributed by atoms with Gasteiger partial charge in [0.25, 0.3) is 0 Å². The van der Waals surface area contributed by atoms with Crippen LogP contribution >= 0.6 is 0 Å². The predicted molar refractivity (Wildman–Crippen MR) is 77.5 cm³/mol. The van der Waals surface area contributed by atoms with Crippen molar-refractivity contribution in [2.24, 2.45) is 0 Å². The maximum absolute atomic E-state index is 6.29. The van der Waals surface area contributed by atoms with Gasteiger partial charge in [0.1, 0.15) is 0 Å². The van der Waals surface area contributed by atoms with Crippen LogP contribution in [0.1, 0.15) is 38.5 Å². The second-order valence-electron chi connectivity index (χ2n) is 6.17. The second-order valence-corrected chi connectivity index (χ2v) is 6.17. The molecular formula is C15H30N2O2. The molecule has 0 aromatic rings. The average molecular weight is 270 g/mol. The van der Waals surface area contributed by atoms with Crippen molar-refractivity contribution in [1.29, 1.82) is 0 Å². The average Bonchev–Trinajstić information content (AvgIpc) is 3.03. The minimum Gasteiger partial charge on any atom is -0.383 e. The molecule has 1 spiro atoms. The van der Waals surface area contributed by atoms with E-state index < -0.39 is 0 Å². The van der Waals surface area contributed by atoms with Gasteiger partial charge in [-0.2, -0.15) is 0 Å². The molecular weight excluding hydrogens is 240 g/mol. The Morgan fingerprint density at radius 1 is 1.26 bits per heavy atom. The lowest BCUT2D eigenvalue weighted by Crippen LogP contribution is -2.36. The Bertz CT molecular complexity index is 255. The molecule has 0 aromatic heterocycles. The number of hydrogen-bond donors (Lipinski definition) is 1. The van der Waals surface area contributed by atoms with Gasteiger partial charge in [0.2, 0.25) is 0 Å². The van der Waals surface area contributed by atoms with E-state index in [0.717, 1.165) is 32.8 Å². The van der Waals surface area contributed by atoms with E-state index in [1.54, 1.807) is 7.11 Å². The SMILES string of the molecule is COCCN(C)CCNCC1CCC2(CCCC2)O1. The van der Waals surface area contributed by atoms with Crippen molar-refractivity contribution in [1.82, 2.24) is 10.2 Å². The van der Waals surface area contributed by atoms with Gasteiger partial charge in [-0.25, -0.2) is 0 Å². The van der Waals surface area contributed by atoms with Crippen LogP contribution in [0.15, 0.2) is 0 Å². The molecule has 112 valence electrons. The van der Waals surface area contributed by atoms with E-state index in [2.05, 4.69) is 17.3 Å². The molecule has 2 aliphatic rings. The number of methoxy groups -OCH3 is 1. The first-order valence-corrected chi connectivity index (χ1v) is 7.80. The first-order chi connectivity index (χ1) is 9.24. The summed E-state index contributed by atoms with van der Waals surface area (Å²) in [6.07, 6.45) is 8.29. The van der Waals surface area contributed by atoms with Gasteiger partial charge in [-0.3, -0.25) is 0 Å². The van der Waals surface area contributed by atoms with E-state index in [4.69, 9.17) is 9.47 Å². The zero-order chi connectivity index (χ0) is 13.6. The molecule has 1 atom stereocenters. The third-order valence-electron chi connectivity index (χ3n) is 4.57. The summed E-state index contributed by atoms with van der Waals surface area (Å²) in [6.45, 7) is 4.93. The summed E-state index contributed by atoms with van der Waals surface area (Å²) < 4.78 is 11.4. The Hall–Kier alpha value is -0.160. The number of rotatable bonds is 8. The molecule has 0 aromatic carbocycles. The van der Waals surface area contributed by atoms with Crippen LogP contribution in [0.25, 0.3) is 0 Å². The fraction of sp³-hybridized carbons (Fsp3) is 1.00. The van der Waals surface area contributed by atoms with Crippen molar-refractivity contribution in [3.8, 4) is 0 Å². The van der Waals surface area contributed by atoms with Crippen LogP contribution < -0.4 is 5.32 Å². The molecule has 2 fully saturated rings. The highest BCUT2D eigenvalue weighted by atomic mass is 16.5. The fourth-order valence-corrected chi connectivity index (χ4v) is 3.32. The van der Waals surface area contributed by atoms with E-state index in [1.165, 1.54) is 38.5 Å². The number of nitrogens with one attached hydrogen (secondary N) is 1. The number of nitrogens with zero attached hydrogens (tertiary/aromatic N) is 1. The predicted octanol–water partition coefficient (Wildman–Crippen LogP) is 1.65. The van der Waals surface area contributed by atoms with Crippen molar-refractivity contribution in [2.75, 3.05) is 46.9 Å². The lowest BCUT2D eigenvalue weighted by molar-refractivity contribution is -0.0351. The molecule has 0 amide bonds. The van der Waals surface area contributed by atoms with Gasteiger partial charge in [0, 0.05) is 33.3 Å². The summed E-state index contributed by atoms with van der Waals surface area (Å²) in [5.74, 6) is 0. The molecule has 1 N–H and O–H groups in total. The maximum atomic E-state index is 6.29. The van der Waals surface area contributed by atoms with Gasteiger partial charge >= 0.3 is 0 Å². The summed E-state index contributed by atoms with van der Waals surface area (Å²) >= 11 is 0. The van der Waals surface area contributed by atoms with Gasteiger partial charge in [-0.1, -0.05) is 12.8 Å². The van der Waals surface area contributed by atoms with E-state index in [1.807, 2.05) is 0 Å². The molecule has 0 radical (unpaired) electrons. The summed E-state index contributed by atoms with van der Waals surface area (Å²) in [5.41, 5.74) is 0.279. The number of ether oxygens (including phenoxy) is 2. The second kappa shape index (κ2) is 7.58. The van der Waals surface area contributed by atoms with Crippen LogP contribution in [-0.4, -0.2) is 63.5 Å². The number of likely N-dealkylation sites (N-methyl/N-ethyl adjacent to an activating group) is 1. The van der Waals surface area contributed by atoms with Crippen molar-refractivity contribution < 1.29 is 9.47 Å². The normalized spacial score (nSPS) is 25.7. The van der Waals surface area contributed by atoms with Crippen LogP contribution in [0.4, 0.5) is 0 Å². The molecule has 19 heavy (non-hydrogen) atoms. The van der Waals surface area contributed by atoms with Gasteiger partial charge in [0.05, 0.1) is 18.3 Å². The quantitative estimate of drug-likeness (QED) is 0.680. The first-order valence-electron chi connectivity index (χ1n) is 7.80. The summed E-state index contributed by atoms with van der Waals surface area (Å²) in [4.78, 5) is 2.30. The maximum Gasteiger partial charge on any atom is 0.0708 e. The molecule has 1 heterocycles. The molecule has 1 unspecified atom stereocenters. The monoisotopic (exact) mass is 270 g/mol. The van der Waals surface area contributed by atoms with E-state index in [0.29, 0.717) is 6.10 Å². The van der Waals surface area contributed by atoms with Gasteiger partial charge < -0.3 is 19.7 Å². The Kier molecular flexibility index (Phi) is 6.07. The zero-order valence-corrected chi connectivity index (χ0v) is 12.6. The fourth-order valence-electron chi connectivity index (χ4n) is 3.32. The van der Waals surface area contributed by atoms with Crippen molar-refractivity contribution in [3.05, 3.63) is 0 Å². The highest BCUT2D eigenvalue weighted by Crippen LogP contribution is 2.43. The van der Waals surface area contributed by atoms with Gasteiger partial charge in [-0.05, 0) is 32.7 Å². The van der Waals surface area contributed by atoms with Crippen molar-refractivity contribution in [3.63, 3.8) is 0 Å². The Labute approximate surface area is 117 Å². The Morgan fingerprint density at radius 3 is 2.79 bits per heavy atom. The molecule has 4 heteroatoms. The van der Waals surface area contributed by atoms with Crippen molar-refractivity contribution in [2.45, 2.75) is 50.2 Å². The van der Waals surface area contributed by atoms with Crippen LogP contribution in [0.5, 0.6) is 0 Å². The van der Waals surface area contributed by atoms with Gasteiger partial charge in [-0.15, -0.1) is 0 Å². The van der Waals surface area contributed by atoms with Crippen molar-refractivity contribution >= 4 is 0 Å².